The minimum atomic E-state index is 0.111. The Morgan fingerprint density at radius 2 is 2.25 bits per heavy atom. The van der Waals surface area contributed by atoms with E-state index in [1.165, 1.54) is 0 Å². The van der Waals surface area contributed by atoms with E-state index in [4.69, 9.17) is 6.42 Å². The third-order valence-corrected chi connectivity index (χ3v) is 2.02. The summed E-state index contributed by atoms with van der Waals surface area (Å²) in [6, 6.07) is 0.302. The lowest BCUT2D eigenvalue weighted by atomic mass is 10.2. The number of carbonyl (C=O) groups excluding carboxylic acids is 1. The summed E-state index contributed by atoms with van der Waals surface area (Å²) in [7, 11) is 0. The van der Waals surface area contributed by atoms with E-state index in [-0.39, 0.29) is 5.91 Å². The molecule has 1 unspecified atom stereocenters. The molecule has 0 saturated carbocycles. The molecule has 0 aliphatic carbocycles. The maximum Gasteiger partial charge on any atom is 0.219 e. The Bertz CT molecular complexity index is 181. The van der Waals surface area contributed by atoms with Crippen LogP contribution < -0.4 is 0 Å². The molecule has 0 N–H and O–H groups in total. The number of terminal acetylenes is 1. The molecule has 0 aromatic heterocycles. The molecule has 2 nitrogen and oxygen atoms in total. The third-order valence-electron chi connectivity index (χ3n) is 2.02. The summed E-state index contributed by atoms with van der Waals surface area (Å²) in [5, 5.41) is 0. The molecule has 0 radical (unpaired) electrons. The summed E-state index contributed by atoms with van der Waals surface area (Å²) in [6.45, 7) is 6.37. The normalized spacial score (nSPS) is 11.8. The molecule has 1 amide bonds. The Balaban J connectivity index is 4.05. The van der Waals surface area contributed by atoms with Gasteiger partial charge in [-0.25, -0.2) is 0 Å². The molecule has 0 bridgehead atoms. The fourth-order valence-electron chi connectivity index (χ4n) is 1.09. The van der Waals surface area contributed by atoms with E-state index in [9.17, 15) is 4.79 Å². The van der Waals surface area contributed by atoms with E-state index in [1.54, 1.807) is 6.92 Å². The molecule has 0 aromatic rings. The molecule has 0 aromatic carbocycles. The Hall–Kier alpha value is -0.970. The van der Waals surface area contributed by atoms with Crippen LogP contribution in [0.2, 0.25) is 0 Å². The van der Waals surface area contributed by atoms with Crippen LogP contribution in [0.15, 0.2) is 0 Å². The third kappa shape index (κ3) is 3.43. The summed E-state index contributed by atoms with van der Waals surface area (Å²) in [5.74, 6) is 2.65. The van der Waals surface area contributed by atoms with Gasteiger partial charge in [-0.15, -0.1) is 12.3 Å². The van der Waals surface area contributed by atoms with Crippen molar-refractivity contribution in [2.24, 2.45) is 0 Å². The molecular weight excluding hydrogens is 150 g/mol. The predicted molar refractivity (Wildman–Crippen MR) is 50.6 cm³/mol. The van der Waals surface area contributed by atoms with Crippen LogP contribution in [0.25, 0.3) is 0 Å². The van der Waals surface area contributed by atoms with Crippen LogP contribution in [0.5, 0.6) is 0 Å². The molecule has 2 heteroatoms. The first-order chi connectivity index (χ1) is 5.63. The van der Waals surface area contributed by atoms with Crippen LogP contribution in [-0.2, 0) is 4.79 Å². The molecule has 0 aliphatic rings. The Labute approximate surface area is 74.9 Å². The molecule has 1 atom stereocenters. The Morgan fingerprint density at radius 3 is 2.58 bits per heavy atom. The molecule has 0 saturated heterocycles. The second-order valence-corrected chi connectivity index (χ2v) is 2.92. The van der Waals surface area contributed by atoms with Crippen molar-refractivity contribution in [3.05, 3.63) is 0 Å². The van der Waals surface area contributed by atoms with Gasteiger partial charge in [0.25, 0.3) is 0 Å². The summed E-state index contributed by atoms with van der Waals surface area (Å²) >= 11 is 0. The lowest BCUT2D eigenvalue weighted by molar-refractivity contribution is -0.130. The topological polar surface area (TPSA) is 20.3 Å². The van der Waals surface area contributed by atoms with Gasteiger partial charge >= 0.3 is 0 Å². The standard InChI is InChI=1S/C10H17NO/c1-5-7-8-11(10(4)12)9(3)6-2/h1,9H,6-8H2,2-4H3. The predicted octanol–water partition coefficient (Wildman–Crippen LogP) is 1.66. The molecular formula is C10H17NO. The minimum Gasteiger partial charge on any atom is -0.339 e. The highest BCUT2D eigenvalue weighted by Gasteiger charge is 2.13. The van der Waals surface area contributed by atoms with Crippen LogP contribution in [0.1, 0.15) is 33.6 Å². The lowest BCUT2D eigenvalue weighted by Gasteiger charge is -2.26. The van der Waals surface area contributed by atoms with E-state index in [0.29, 0.717) is 19.0 Å². The van der Waals surface area contributed by atoms with Gasteiger partial charge < -0.3 is 4.90 Å². The number of hydrogen-bond donors (Lipinski definition) is 0. The van der Waals surface area contributed by atoms with Crippen molar-refractivity contribution >= 4 is 5.91 Å². The monoisotopic (exact) mass is 167 g/mol. The van der Waals surface area contributed by atoms with Gasteiger partial charge in [0.05, 0.1) is 0 Å². The average molecular weight is 167 g/mol. The fraction of sp³-hybridized carbons (Fsp3) is 0.700. The van der Waals surface area contributed by atoms with E-state index >= 15 is 0 Å². The van der Waals surface area contributed by atoms with Crippen LogP contribution >= 0.6 is 0 Å². The number of amides is 1. The van der Waals surface area contributed by atoms with Gasteiger partial charge in [0.2, 0.25) is 5.91 Å². The maximum absolute atomic E-state index is 11.1. The van der Waals surface area contributed by atoms with Crippen molar-refractivity contribution in [3.8, 4) is 12.3 Å². The summed E-state index contributed by atoms with van der Waals surface area (Å²) in [5.41, 5.74) is 0. The quantitative estimate of drug-likeness (QED) is 0.583. The zero-order valence-electron chi connectivity index (χ0n) is 8.13. The average Bonchev–Trinajstić information content (AvgIpc) is 2.04. The molecule has 0 fully saturated rings. The van der Waals surface area contributed by atoms with Crippen molar-refractivity contribution in [1.29, 1.82) is 0 Å². The van der Waals surface area contributed by atoms with Crippen LogP contribution in [0, 0.1) is 12.3 Å². The van der Waals surface area contributed by atoms with Gasteiger partial charge in [-0.1, -0.05) is 6.92 Å². The summed E-state index contributed by atoms with van der Waals surface area (Å²) < 4.78 is 0. The smallest absolute Gasteiger partial charge is 0.219 e. The van der Waals surface area contributed by atoms with Gasteiger partial charge in [-0.2, -0.15) is 0 Å². The zero-order chi connectivity index (χ0) is 9.56. The molecule has 0 rings (SSSR count). The zero-order valence-corrected chi connectivity index (χ0v) is 8.13. The lowest BCUT2D eigenvalue weighted by Crippen LogP contribution is -2.37. The minimum absolute atomic E-state index is 0.111. The van der Waals surface area contributed by atoms with Gasteiger partial charge in [-0.3, -0.25) is 4.79 Å². The van der Waals surface area contributed by atoms with Gasteiger partial charge in [0.1, 0.15) is 0 Å². The Morgan fingerprint density at radius 1 is 1.67 bits per heavy atom. The number of hydrogen-bond acceptors (Lipinski definition) is 1. The largest absolute Gasteiger partial charge is 0.339 e. The van der Waals surface area contributed by atoms with Crippen molar-refractivity contribution in [1.82, 2.24) is 4.90 Å². The second kappa shape index (κ2) is 5.65. The maximum atomic E-state index is 11.1. The van der Waals surface area contributed by atoms with Gasteiger partial charge in [0.15, 0.2) is 0 Å². The highest BCUT2D eigenvalue weighted by atomic mass is 16.2. The van der Waals surface area contributed by atoms with Crippen molar-refractivity contribution in [2.45, 2.75) is 39.7 Å². The van der Waals surface area contributed by atoms with Crippen molar-refractivity contribution < 1.29 is 4.79 Å². The highest BCUT2D eigenvalue weighted by Crippen LogP contribution is 2.04. The molecule has 0 aliphatic heterocycles. The SMILES string of the molecule is C#CCCN(C(C)=O)C(C)CC. The molecule has 0 spiro atoms. The Kier molecular flexibility index (Phi) is 5.19. The van der Waals surface area contributed by atoms with E-state index in [1.807, 2.05) is 11.8 Å². The number of carbonyl (C=O) groups is 1. The van der Waals surface area contributed by atoms with Crippen molar-refractivity contribution in [3.63, 3.8) is 0 Å². The first kappa shape index (κ1) is 11.0. The number of nitrogens with zero attached hydrogens (tertiary/aromatic N) is 1. The van der Waals surface area contributed by atoms with E-state index in [0.717, 1.165) is 6.42 Å². The molecule has 12 heavy (non-hydrogen) atoms. The highest BCUT2D eigenvalue weighted by molar-refractivity contribution is 5.73. The first-order valence-corrected chi connectivity index (χ1v) is 4.34. The van der Waals surface area contributed by atoms with Gasteiger partial charge in [-0.05, 0) is 13.3 Å². The first-order valence-electron chi connectivity index (χ1n) is 4.34. The van der Waals surface area contributed by atoms with Crippen LogP contribution in [-0.4, -0.2) is 23.4 Å². The van der Waals surface area contributed by atoms with Crippen LogP contribution in [0.3, 0.4) is 0 Å². The van der Waals surface area contributed by atoms with Gasteiger partial charge in [0, 0.05) is 25.9 Å². The van der Waals surface area contributed by atoms with Crippen molar-refractivity contribution in [2.75, 3.05) is 6.54 Å². The van der Waals surface area contributed by atoms with E-state index in [2.05, 4.69) is 12.8 Å². The second-order valence-electron chi connectivity index (χ2n) is 2.92. The molecule has 0 heterocycles. The van der Waals surface area contributed by atoms with E-state index < -0.39 is 0 Å². The summed E-state index contributed by atoms with van der Waals surface area (Å²) in [4.78, 5) is 12.9. The summed E-state index contributed by atoms with van der Waals surface area (Å²) in [6.07, 6.45) is 6.75. The number of rotatable bonds is 4. The fourth-order valence-corrected chi connectivity index (χ4v) is 1.09. The van der Waals surface area contributed by atoms with Crippen LogP contribution in [0.4, 0.5) is 0 Å². The molecule has 68 valence electrons.